The van der Waals surface area contributed by atoms with Crippen molar-refractivity contribution in [1.29, 1.82) is 0 Å². The molecule has 2 aromatic carbocycles. The number of methoxy groups -OCH3 is 1. The highest BCUT2D eigenvalue weighted by atomic mass is 35.5. The minimum atomic E-state index is -1.08. The van der Waals surface area contributed by atoms with Gasteiger partial charge in [-0.05, 0) is 48.5 Å². The number of hydrogen-bond acceptors (Lipinski definition) is 5. The molecule has 1 aliphatic rings. The SMILES string of the molecule is COc1ccc(Cl)c(/C(O)=C2\C(=O)C(=O)N(c3cccc(F)c3)C2c2ccccn2)c1. The molecule has 1 N–H and O–H groups in total. The van der Waals surface area contributed by atoms with Crippen LogP contribution in [0.2, 0.25) is 5.02 Å². The first-order valence-electron chi connectivity index (χ1n) is 9.23. The second kappa shape index (κ2) is 8.20. The molecule has 31 heavy (non-hydrogen) atoms. The number of nitrogens with zero attached hydrogens (tertiary/aromatic N) is 2. The summed E-state index contributed by atoms with van der Waals surface area (Å²) >= 11 is 6.25. The fourth-order valence-electron chi connectivity index (χ4n) is 3.50. The molecule has 0 aliphatic carbocycles. The molecule has 1 aliphatic heterocycles. The van der Waals surface area contributed by atoms with Gasteiger partial charge in [0.15, 0.2) is 0 Å². The molecule has 1 saturated heterocycles. The predicted octanol–water partition coefficient (Wildman–Crippen LogP) is 4.51. The lowest BCUT2D eigenvalue weighted by atomic mass is 9.98. The highest BCUT2D eigenvalue weighted by molar-refractivity contribution is 6.52. The molecule has 0 spiro atoms. The number of benzene rings is 2. The molecule has 1 unspecified atom stereocenters. The maximum absolute atomic E-state index is 13.9. The van der Waals surface area contributed by atoms with Crippen molar-refractivity contribution in [1.82, 2.24) is 4.98 Å². The number of amides is 1. The average molecular weight is 439 g/mol. The number of halogens is 2. The van der Waals surface area contributed by atoms with E-state index in [2.05, 4.69) is 4.98 Å². The maximum Gasteiger partial charge on any atom is 0.300 e. The molecule has 6 nitrogen and oxygen atoms in total. The van der Waals surface area contributed by atoms with Crippen LogP contribution in [-0.2, 0) is 9.59 Å². The van der Waals surface area contributed by atoms with E-state index in [-0.39, 0.29) is 21.8 Å². The van der Waals surface area contributed by atoms with Gasteiger partial charge in [-0.25, -0.2) is 4.39 Å². The Bertz CT molecular complexity index is 1210. The fraction of sp³-hybridized carbons (Fsp3) is 0.0870. The summed E-state index contributed by atoms with van der Waals surface area (Å²) in [6.07, 6.45) is 1.50. The van der Waals surface area contributed by atoms with Crippen LogP contribution in [0, 0.1) is 5.82 Å². The molecular formula is C23H16ClFN2O4. The molecule has 0 saturated carbocycles. The van der Waals surface area contributed by atoms with Gasteiger partial charge in [0.05, 0.1) is 23.4 Å². The largest absolute Gasteiger partial charge is 0.507 e. The van der Waals surface area contributed by atoms with Crippen molar-refractivity contribution >= 4 is 34.7 Å². The van der Waals surface area contributed by atoms with E-state index in [1.807, 2.05) is 0 Å². The van der Waals surface area contributed by atoms with Gasteiger partial charge in [0, 0.05) is 17.4 Å². The number of pyridine rings is 1. The van der Waals surface area contributed by atoms with Crippen molar-refractivity contribution in [3.05, 3.63) is 94.5 Å². The lowest BCUT2D eigenvalue weighted by Crippen LogP contribution is -2.29. The van der Waals surface area contributed by atoms with Gasteiger partial charge in [0.1, 0.15) is 23.4 Å². The van der Waals surface area contributed by atoms with Crippen molar-refractivity contribution in [2.75, 3.05) is 12.0 Å². The Morgan fingerprint density at radius 2 is 1.94 bits per heavy atom. The summed E-state index contributed by atoms with van der Waals surface area (Å²) in [7, 11) is 1.45. The topological polar surface area (TPSA) is 79.7 Å². The standard InChI is InChI=1S/C23H16ClFN2O4/c1-31-15-8-9-17(24)16(12-15)21(28)19-20(18-7-2-3-10-26-18)27(23(30)22(19)29)14-6-4-5-13(25)11-14/h2-12,20,28H,1H3/b21-19+. The van der Waals surface area contributed by atoms with Gasteiger partial charge in [-0.15, -0.1) is 0 Å². The number of aliphatic hydroxyl groups excluding tert-OH is 1. The van der Waals surface area contributed by atoms with Crippen LogP contribution in [0.3, 0.4) is 0 Å². The summed E-state index contributed by atoms with van der Waals surface area (Å²) < 4.78 is 19.1. The van der Waals surface area contributed by atoms with Gasteiger partial charge in [0.2, 0.25) is 0 Å². The molecule has 2 heterocycles. The Morgan fingerprint density at radius 1 is 1.13 bits per heavy atom. The Hall–Kier alpha value is -3.71. The van der Waals surface area contributed by atoms with E-state index in [0.717, 1.165) is 11.0 Å². The zero-order valence-electron chi connectivity index (χ0n) is 16.3. The number of carbonyl (C=O) groups is 2. The van der Waals surface area contributed by atoms with E-state index < -0.39 is 29.3 Å². The Balaban J connectivity index is 1.97. The monoisotopic (exact) mass is 438 g/mol. The number of ketones is 1. The first-order valence-corrected chi connectivity index (χ1v) is 9.61. The third kappa shape index (κ3) is 3.64. The van der Waals surface area contributed by atoms with E-state index >= 15 is 0 Å². The maximum atomic E-state index is 13.9. The highest BCUT2D eigenvalue weighted by Crippen LogP contribution is 2.42. The number of aromatic nitrogens is 1. The van der Waals surface area contributed by atoms with Crippen molar-refractivity contribution in [3.63, 3.8) is 0 Å². The van der Waals surface area contributed by atoms with Crippen LogP contribution in [0.25, 0.3) is 5.76 Å². The normalized spacial score (nSPS) is 17.8. The fourth-order valence-corrected chi connectivity index (χ4v) is 3.71. The van der Waals surface area contributed by atoms with Crippen LogP contribution >= 0.6 is 11.6 Å². The summed E-state index contributed by atoms with van der Waals surface area (Å²) in [5.41, 5.74) is 0.405. The van der Waals surface area contributed by atoms with Crippen LogP contribution in [-0.4, -0.2) is 28.9 Å². The van der Waals surface area contributed by atoms with Gasteiger partial charge in [0.25, 0.3) is 11.7 Å². The second-order valence-corrected chi connectivity index (χ2v) is 7.16. The predicted molar refractivity (Wildman–Crippen MR) is 113 cm³/mol. The highest BCUT2D eigenvalue weighted by Gasteiger charge is 2.47. The van der Waals surface area contributed by atoms with Crippen molar-refractivity contribution in [2.45, 2.75) is 6.04 Å². The van der Waals surface area contributed by atoms with E-state index in [9.17, 15) is 19.1 Å². The molecule has 1 aromatic heterocycles. The smallest absolute Gasteiger partial charge is 0.300 e. The molecule has 1 atom stereocenters. The zero-order chi connectivity index (χ0) is 22.1. The Kier molecular flexibility index (Phi) is 5.44. The molecule has 3 aromatic rings. The van der Waals surface area contributed by atoms with Gasteiger partial charge < -0.3 is 9.84 Å². The first-order chi connectivity index (χ1) is 14.9. The zero-order valence-corrected chi connectivity index (χ0v) is 17.0. The van der Waals surface area contributed by atoms with Crippen molar-refractivity contribution in [2.24, 2.45) is 0 Å². The quantitative estimate of drug-likeness (QED) is 0.368. The number of anilines is 1. The van der Waals surface area contributed by atoms with Crippen LogP contribution in [0.4, 0.5) is 10.1 Å². The molecule has 0 radical (unpaired) electrons. The third-order valence-corrected chi connectivity index (χ3v) is 5.26. The summed E-state index contributed by atoms with van der Waals surface area (Å²) in [5, 5.41) is 11.3. The minimum absolute atomic E-state index is 0.124. The molecule has 156 valence electrons. The number of hydrogen-bond donors (Lipinski definition) is 1. The molecular weight excluding hydrogens is 423 g/mol. The van der Waals surface area contributed by atoms with E-state index in [1.54, 1.807) is 24.3 Å². The molecule has 1 amide bonds. The van der Waals surface area contributed by atoms with Crippen LogP contribution in [0.5, 0.6) is 5.75 Å². The van der Waals surface area contributed by atoms with Gasteiger partial charge in [-0.3, -0.25) is 19.5 Å². The van der Waals surface area contributed by atoms with Crippen molar-refractivity contribution < 1.29 is 23.8 Å². The van der Waals surface area contributed by atoms with Crippen LogP contribution < -0.4 is 9.64 Å². The number of aliphatic hydroxyl groups is 1. The third-order valence-electron chi connectivity index (χ3n) is 4.93. The van der Waals surface area contributed by atoms with Gasteiger partial charge >= 0.3 is 0 Å². The summed E-state index contributed by atoms with van der Waals surface area (Å²) in [5.74, 6) is -2.50. The number of ether oxygens (including phenoxy) is 1. The summed E-state index contributed by atoms with van der Waals surface area (Å²) in [6, 6.07) is 13.8. The summed E-state index contributed by atoms with van der Waals surface area (Å²) in [4.78, 5) is 31.4. The lowest BCUT2D eigenvalue weighted by Gasteiger charge is -2.24. The van der Waals surface area contributed by atoms with E-state index in [1.165, 1.54) is 43.6 Å². The van der Waals surface area contributed by atoms with Gasteiger partial charge in [-0.2, -0.15) is 0 Å². The molecule has 4 rings (SSSR count). The average Bonchev–Trinajstić information content (AvgIpc) is 3.05. The van der Waals surface area contributed by atoms with Crippen LogP contribution in [0.1, 0.15) is 17.3 Å². The second-order valence-electron chi connectivity index (χ2n) is 6.75. The van der Waals surface area contributed by atoms with Crippen LogP contribution in [0.15, 0.2) is 72.4 Å². The van der Waals surface area contributed by atoms with E-state index in [4.69, 9.17) is 16.3 Å². The lowest BCUT2D eigenvalue weighted by molar-refractivity contribution is -0.132. The molecule has 1 fully saturated rings. The number of Topliss-reactive ketones (excluding diaryl/α,β-unsaturated/α-hetero) is 1. The molecule has 8 heteroatoms. The number of carbonyl (C=O) groups excluding carboxylic acids is 2. The minimum Gasteiger partial charge on any atom is -0.507 e. The Labute approximate surface area is 182 Å². The molecule has 0 bridgehead atoms. The van der Waals surface area contributed by atoms with Crippen molar-refractivity contribution in [3.8, 4) is 5.75 Å². The summed E-state index contributed by atoms with van der Waals surface area (Å²) in [6.45, 7) is 0. The Morgan fingerprint density at radius 3 is 2.61 bits per heavy atom. The van der Waals surface area contributed by atoms with Gasteiger partial charge in [-0.1, -0.05) is 23.7 Å². The number of rotatable bonds is 4. The first kappa shape index (κ1) is 20.6. The van der Waals surface area contributed by atoms with E-state index in [0.29, 0.717) is 11.4 Å².